The standard InChI is InChI=1S/C42H32O10/c43-22-5-1-19(2-6-22)41-36(21-11-25(46)13-26(47)12-21)38-31-17-29(28-10-9-24(45)15-32(28)49)37-30(14-27(48)16-33(37)50)40-39(31)35(18-34(38)51-41)52-42(40)20-3-7-23(44)8-4-20/h1-16,18,29,36,40-50H,17H2/t29-,36+,40+,41-,42+/m1/s1. The maximum absolute atomic E-state index is 11.7. The molecule has 0 unspecified atom stereocenters. The summed E-state index contributed by atoms with van der Waals surface area (Å²) < 4.78 is 13.5. The van der Waals surface area contributed by atoms with Gasteiger partial charge in [0.2, 0.25) is 0 Å². The van der Waals surface area contributed by atoms with E-state index >= 15 is 0 Å². The van der Waals surface area contributed by atoms with Crippen molar-refractivity contribution in [2.45, 2.75) is 36.4 Å². The van der Waals surface area contributed by atoms with Crippen LogP contribution in [0.15, 0.2) is 103 Å². The van der Waals surface area contributed by atoms with Crippen LogP contribution in [0.3, 0.4) is 0 Å². The van der Waals surface area contributed by atoms with Gasteiger partial charge in [0.25, 0.3) is 0 Å². The van der Waals surface area contributed by atoms with Gasteiger partial charge in [-0.2, -0.15) is 0 Å². The summed E-state index contributed by atoms with van der Waals surface area (Å²) in [6.07, 6.45) is -1.16. The molecule has 260 valence electrons. The van der Waals surface area contributed by atoms with E-state index in [1.165, 1.54) is 24.3 Å². The van der Waals surface area contributed by atoms with Gasteiger partial charge in [0.15, 0.2) is 0 Å². The van der Waals surface area contributed by atoms with Crippen molar-refractivity contribution in [3.63, 3.8) is 0 Å². The Balaban J connectivity index is 1.36. The Kier molecular flexibility index (Phi) is 6.88. The lowest BCUT2D eigenvalue weighted by molar-refractivity contribution is 0.212. The van der Waals surface area contributed by atoms with Gasteiger partial charge in [0.05, 0.1) is 11.8 Å². The Morgan fingerprint density at radius 2 is 0.923 bits per heavy atom. The van der Waals surface area contributed by atoms with E-state index in [1.807, 2.05) is 6.07 Å². The van der Waals surface area contributed by atoms with E-state index < -0.39 is 30.0 Å². The van der Waals surface area contributed by atoms with Crippen LogP contribution in [0.5, 0.6) is 57.5 Å². The summed E-state index contributed by atoms with van der Waals surface area (Å²) in [7, 11) is 0. The number of ether oxygens (including phenoxy) is 2. The molecule has 9 rings (SSSR count). The van der Waals surface area contributed by atoms with Crippen molar-refractivity contribution in [3.05, 3.63) is 153 Å². The molecule has 1 aliphatic carbocycles. The molecule has 2 heterocycles. The lowest BCUT2D eigenvalue weighted by atomic mass is 9.77. The summed E-state index contributed by atoms with van der Waals surface area (Å²) in [5, 5.41) is 85.8. The van der Waals surface area contributed by atoms with Crippen LogP contribution in [-0.2, 0) is 6.42 Å². The maximum atomic E-state index is 11.7. The number of aromatic hydroxyl groups is 8. The predicted octanol–water partition coefficient (Wildman–Crippen LogP) is 7.55. The first-order chi connectivity index (χ1) is 25.0. The summed E-state index contributed by atoms with van der Waals surface area (Å²) in [6, 6.07) is 26.6. The minimum absolute atomic E-state index is 0.0734. The van der Waals surface area contributed by atoms with Gasteiger partial charge in [-0.25, -0.2) is 0 Å². The van der Waals surface area contributed by atoms with Gasteiger partial charge in [-0.3, -0.25) is 0 Å². The van der Waals surface area contributed by atoms with E-state index in [4.69, 9.17) is 9.47 Å². The lowest BCUT2D eigenvalue weighted by Crippen LogP contribution is -2.14. The third-order valence-corrected chi connectivity index (χ3v) is 10.6. The van der Waals surface area contributed by atoms with Crippen LogP contribution < -0.4 is 9.47 Å². The third-order valence-electron chi connectivity index (χ3n) is 10.6. The molecule has 0 fully saturated rings. The van der Waals surface area contributed by atoms with E-state index in [9.17, 15) is 40.9 Å². The summed E-state index contributed by atoms with van der Waals surface area (Å²) in [5.74, 6) is -1.76. The lowest BCUT2D eigenvalue weighted by Gasteiger charge is -2.25. The third kappa shape index (κ3) is 4.86. The molecule has 0 bridgehead atoms. The van der Waals surface area contributed by atoms with Gasteiger partial charge in [0.1, 0.15) is 69.7 Å². The Morgan fingerprint density at radius 3 is 1.52 bits per heavy atom. The van der Waals surface area contributed by atoms with Crippen LogP contribution in [0.2, 0.25) is 0 Å². The molecule has 0 aromatic heterocycles. The highest BCUT2D eigenvalue weighted by Crippen LogP contribution is 2.63. The number of phenols is 8. The molecule has 6 aromatic carbocycles. The average Bonchev–Trinajstić information content (AvgIpc) is 3.62. The molecule has 0 amide bonds. The molecule has 2 aliphatic heterocycles. The average molecular weight is 697 g/mol. The molecule has 5 atom stereocenters. The quantitative estimate of drug-likeness (QED) is 0.0917. The van der Waals surface area contributed by atoms with Gasteiger partial charge in [0, 0.05) is 52.4 Å². The number of hydrogen-bond acceptors (Lipinski definition) is 10. The number of phenolic OH excluding ortho intramolecular Hbond substituents is 8. The van der Waals surface area contributed by atoms with E-state index in [0.717, 1.165) is 27.8 Å². The number of fused-ring (bicyclic) bond motifs is 4. The minimum atomic E-state index is -0.705. The molecular weight excluding hydrogens is 664 g/mol. The Labute approximate surface area is 296 Å². The zero-order valence-electron chi connectivity index (χ0n) is 27.3. The Bertz CT molecular complexity index is 2380. The minimum Gasteiger partial charge on any atom is -0.508 e. The summed E-state index contributed by atoms with van der Waals surface area (Å²) in [4.78, 5) is 0. The van der Waals surface area contributed by atoms with Gasteiger partial charge in [-0.15, -0.1) is 0 Å². The second-order valence-electron chi connectivity index (χ2n) is 13.6. The van der Waals surface area contributed by atoms with Crippen LogP contribution in [0, 0.1) is 0 Å². The van der Waals surface area contributed by atoms with Crippen LogP contribution in [0.1, 0.15) is 80.0 Å². The summed E-state index contributed by atoms with van der Waals surface area (Å²) >= 11 is 0. The molecule has 6 aromatic rings. The Hall–Kier alpha value is -6.68. The fourth-order valence-electron chi connectivity index (χ4n) is 8.51. The highest BCUT2D eigenvalue weighted by Gasteiger charge is 2.49. The van der Waals surface area contributed by atoms with Gasteiger partial charge < -0.3 is 50.3 Å². The SMILES string of the molecule is Oc1ccc([C@H]2Oc3cc4c5c(c3[C@@H]2c2cc(O)cc(O)c2)C[C@H](c2ccc(O)cc2O)c2c(O)cc(O)cc2[C@@H]5[C@H](c2ccc(O)cc2)O4)cc1. The van der Waals surface area contributed by atoms with Gasteiger partial charge >= 0.3 is 0 Å². The van der Waals surface area contributed by atoms with Crippen molar-refractivity contribution in [2.24, 2.45) is 0 Å². The summed E-state index contributed by atoms with van der Waals surface area (Å²) in [5.41, 5.74) is 5.73. The monoisotopic (exact) mass is 696 g/mol. The van der Waals surface area contributed by atoms with E-state index in [-0.39, 0.29) is 52.4 Å². The van der Waals surface area contributed by atoms with Crippen molar-refractivity contribution in [2.75, 3.05) is 0 Å². The Morgan fingerprint density at radius 1 is 0.404 bits per heavy atom. The van der Waals surface area contributed by atoms with E-state index in [2.05, 4.69) is 0 Å². The molecule has 0 saturated carbocycles. The fraction of sp³-hybridized carbons (Fsp3) is 0.143. The zero-order valence-corrected chi connectivity index (χ0v) is 27.3. The molecular formula is C42H32O10. The molecule has 52 heavy (non-hydrogen) atoms. The van der Waals surface area contributed by atoms with Crippen molar-refractivity contribution in [1.29, 1.82) is 0 Å². The van der Waals surface area contributed by atoms with Crippen LogP contribution in [-0.4, -0.2) is 40.9 Å². The molecule has 0 radical (unpaired) electrons. The van der Waals surface area contributed by atoms with Crippen LogP contribution in [0.4, 0.5) is 0 Å². The topological polar surface area (TPSA) is 180 Å². The first-order valence-electron chi connectivity index (χ1n) is 16.8. The number of rotatable bonds is 4. The van der Waals surface area contributed by atoms with Crippen molar-refractivity contribution >= 4 is 0 Å². The highest BCUT2D eigenvalue weighted by molar-refractivity contribution is 5.69. The second-order valence-corrected chi connectivity index (χ2v) is 13.6. The molecule has 10 heteroatoms. The van der Waals surface area contributed by atoms with E-state index in [0.29, 0.717) is 33.8 Å². The van der Waals surface area contributed by atoms with Gasteiger partial charge in [-0.1, -0.05) is 30.3 Å². The smallest absolute Gasteiger partial charge is 0.135 e. The molecule has 3 aliphatic rings. The predicted molar refractivity (Wildman–Crippen MR) is 188 cm³/mol. The maximum Gasteiger partial charge on any atom is 0.135 e. The number of benzene rings is 6. The first kappa shape index (κ1) is 31.3. The second kappa shape index (κ2) is 11.4. The molecule has 0 spiro atoms. The van der Waals surface area contributed by atoms with E-state index in [1.54, 1.807) is 72.8 Å². The zero-order chi connectivity index (χ0) is 36.0. The van der Waals surface area contributed by atoms with Gasteiger partial charge in [-0.05, 0) is 82.8 Å². The van der Waals surface area contributed by atoms with Crippen molar-refractivity contribution in [1.82, 2.24) is 0 Å². The van der Waals surface area contributed by atoms with Crippen LogP contribution in [0.25, 0.3) is 0 Å². The summed E-state index contributed by atoms with van der Waals surface area (Å²) in [6.45, 7) is 0. The molecule has 10 nitrogen and oxygen atoms in total. The van der Waals surface area contributed by atoms with Crippen molar-refractivity contribution in [3.8, 4) is 57.5 Å². The van der Waals surface area contributed by atoms with Crippen LogP contribution >= 0.6 is 0 Å². The molecule has 0 saturated heterocycles. The normalized spacial score (nSPS) is 21.0. The fourth-order valence-corrected chi connectivity index (χ4v) is 8.51. The highest BCUT2D eigenvalue weighted by atomic mass is 16.5. The molecule has 8 N–H and O–H groups in total. The largest absolute Gasteiger partial charge is 0.508 e. The number of hydrogen-bond donors (Lipinski definition) is 8. The first-order valence-corrected chi connectivity index (χ1v) is 16.8. The van der Waals surface area contributed by atoms with Crippen molar-refractivity contribution < 1.29 is 50.3 Å².